The Kier molecular flexibility index (Phi) is 5.11. The molecule has 0 amide bonds. The summed E-state index contributed by atoms with van der Waals surface area (Å²) in [5.74, 6) is -0.222. The van der Waals surface area contributed by atoms with Crippen LogP contribution in [0.1, 0.15) is 130 Å². The summed E-state index contributed by atoms with van der Waals surface area (Å²) in [5, 5.41) is 88.3. The third-order valence-corrected chi connectivity index (χ3v) is 34.1. The van der Waals surface area contributed by atoms with E-state index in [1.54, 1.807) is 313 Å². The monoisotopic (exact) mass is 1300 g/mol. The van der Waals surface area contributed by atoms with E-state index in [-0.39, 0.29) is 47.3 Å². The molecular weight excluding hydrogens is 1260 g/mol. The molecule has 0 unspecified atom stereocenters. The van der Waals surface area contributed by atoms with Crippen LogP contribution in [0.2, 0.25) is 0 Å². The van der Waals surface area contributed by atoms with Gasteiger partial charge in [-0.2, -0.15) is 0 Å². The van der Waals surface area contributed by atoms with Crippen molar-refractivity contribution in [1.82, 2.24) is 24.8 Å². The summed E-state index contributed by atoms with van der Waals surface area (Å²) in [6, 6.07) is 6.94. The highest BCUT2D eigenvalue weighted by atomic mass is 16.5. The van der Waals surface area contributed by atoms with Gasteiger partial charge in [0.2, 0.25) is 0 Å². The van der Waals surface area contributed by atoms with Gasteiger partial charge in [0.05, 0.1) is 40.5 Å². The standard InChI is InChI=1S/C95H39N5O3/c1-7-21-17(2)26-12-30-24(19(4)25(97-30)11-27-18(3)22(8-9-32(102)103-6)92(98-27)23-10-31(101)33-20(5)28(99-93(23)33)13-29(21)96-26)14-100-15-94-88-80-72-62-52-44-36-34-35-38-42-40(36)48-56-50(42)60-54-46(38)47-39(35)43-41-37(34)45(44)53-59-49(41)57-51(43)61-55(47)65-64(54)74-68(60)78-70(56)76(66(72)58(48)52)84(88)86(78)90-82(74)83-75(65)69(61)79-71(57)77-67(59)73(63(53)62)81(80)89(94)85(77)87(79)91(83)95(90,94)16-100/h11-13,18,22,97,99H,7-10,14-16H2,1-6H3/t18-,22-,94?,95?/m0/s1. The summed E-state index contributed by atoms with van der Waals surface area (Å²) in [6.45, 7) is 13.9. The number of carbonyl (C=O) groups excluding carboxylic acids is 2. The highest BCUT2D eigenvalue weighted by Crippen LogP contribution is 2.85. The average molecular weight is 1300 g/mol. The Labute approximate surface area is 572 Å². The number of H-pyrrole nitrogens is 2. The fraction of sp³-hybridized carbons (Fsp3) is 0.179. The molecule has 2 spiro atoms. The molecule has 8 nitrogen and oxygen atoms in total. The van der Waals surface area contributed by atoms with Crippen molar-refractivity contribution in [3.05, 3.63) is 91.0 Å². The number of aromatic amines is 2. The minimum absolute atomic E-state index is 0.0249. The second kappa shape index (κ2) is 11.6. The number of hydrogen-bond acceptors (Lipinski definition) is 6. The molecule has 0 saturated carbocycles. The van der Waals surface area contributed by atoms with Gasteiger partial charge in [-0.1, -0.05) is 13.8 Å². The van der Waals surface area contributed by atoms with Gasteiger partial charge in [-0.05, 0) is 393 Å². The first-order valence-corrected chi connectivity index (χ1v) is 38.2. The highest BCUT2D eigenvalue weighted by Gasteiger charge is 2.73. The van der Waals surface area contributed by atoms with E-state index in [1.165, 1.54) is 29.4 Å². The number of ketones is 1. The van der Waals surface area contributed by atoms with Gasteiger partial charge >= 0.3 is 5.97 Å². The Morgan fingerprint density at radius 3 is 1.17 bits per heavy atom. The van der Waals surface area contributed by atoms with Crippen LogP contribution in [0.3, 0.4) is 0 Å². The number of methoxy groups -OCH3 is 1. The molecule has 462 valence electrons. The molecule has 2 atom stereocenters. The van der Waals surface area contributed by atoms with E-state index < -0.39 is 0 Å². The first-order chi connectivity index (χ1) is 50.6. The van der Waals surface area contributed by atoms with E-state index >= 15 is 0 Å². The van der Waals surface area contributed by atoms with Crippen LogP contribution >= 0.6 is 0 Å². The second-order valence-corrected chi connectivity index (χ2v) is 36.0. The number of rotatable bonds is 6. The fourth-order valence-electron chi connectivity index (χ4n) is 32.0. The van der Waals surface area contributed by atoms with E-state index in [1.807, 2.05) is 0 Å². The van der Waals surface area contributed by atoms with Crippen molar-refractivity contribution in [2.24, 2.45) is 0 Å². The van der Waals surface area contributed by atoms with Crippen LogP contribution in [0.4, 0.5) is 0 Å². The number of likely N-dealkylation sites (tertiary alicyclic amines) is 1. The van der Waals surface area contributed by atoms with Crippen molar-refractivity contribution in [2.75, 3.05) is 20.2 Å². The van der Waals surface area contributed by atoms with Crippen molar-refractivity contribution in [3.63, 3.8) is 0 Å². The van der Waals surface area contributed by atoms with Crippen molar-refractivity contribution in [1.29, 1.82) is 0 Å². The minimum Gasteiger partial charge on any atom is -0.469 e. The molecule has 3 aromatic heterocycles. The molecule has 3 aliphatic heterocycles. The lowest BCUT2D eigenvalue weighted by atomic mass is 9.50. The maximum absolute atomic E-state index is 14.4. The Hall–Kier alpha value is -11.6. The summed E-state index contributed by atoms with van der Waals surface area (Å²) < 4.78 is 5.30. The van der Waals surface area contributed by atoms with Crippen LogP contribution in [0, 0.1) is 13.8 Å². The predicted octanol–water partition coefficient (Wildman–Crippen LogP) is 23.0. The number of Topliss-reactive ketones (excluding diaryl/α,β-unsaturated/α-hetero) is 1. The number of allylic oxidation sites excluding steroid dienone is 2. The van der Waals surface area contributed by atoms with Gasteiger partial charge < -0.3 is 14.7 Å². The lowest BCUT2D eigenvalue weighted by Gasteiger charge is -2.49. The van der Waals surface area contributed by atoms with Gasteiger partial charge in [-0.25, -0.2) is 4.98 Å². The van der Waals surface area contributed by atoms with E-state index in [0.29, 0.717) is 6.42 Å². The van der Waals surface area contributed by atoms with Gasteiger partial charge in [0.15, 0.2) is 5.78 Å². The Morgan fingerprint density at radius 2 is 0.816 bits per heavy atom. The van der Waals surface area contributed by atoms with Crippen LogP contribution in [0.25, 0.3) is 324 Å². The number of aryl methyl sites for hydroxylation is 2. The number of carbonyl (C=O) groups is 2. The highest BCUT2D eigenvalue weighted by molar-refractivity contribution is 6.82. The van der Waals surface area contributed by atoms with E-state index in [2.05, 4.69) is 67.7 Å². The molecule has 31 aromatic rings. The molecule has 1 saturated heterocycles. The largest absolute Gasteiger partial charge is 0.469 e. The molecule has 39 rings (SSSR count). The number of nitrogens with zero attached hydrogens (tertiary/aromatic N) is 3. The molecule has 6 heterocycles. The number of nitrogens with one attached hydrogen (secondary N) is 2. The molecule has 28 aromatic carbocycles. The summed E-state index contributed by atoms with van der Waals surface area (Å²) >= 11 is 0. The topological polar surface area (TPSA) is 104 Å². The van der Waals surface area contributed by atoms with Crippen molar-refractivity contribution in [3.8, 4) is 0 Å². The predicted molar refractivity (Wildman–Crippen MR) is 423 cm³/mol. The van der Waals surface area contributed by atoms with Crippen LogP contribution < -0.4 is 0 Å². The maximum atomic E-state index is 14.4. The van der Waals surface area contributed by atoms with Crippen LogP contribution in [0.15, 0.2) is 18.2 Å². The maximum Gasteiger partial charge on any atom is 0.305 e. The molecule has 5 aliphatic carbocycles. The molecule has 2 N–H and O–H groups in total. The van der Waals surface area contributed by atoms with Crippen LogP contribution in [0.5, 0.6) is 0 Å². The van der Waals surface area contributed by atoms with Gasteiger partial charge in [0.25, 0.3) is 0 Å². The summed E-state index contributed by atoms with van der Waals surface area (Å²) in [4.78, 5) is 49.9. The van der Waals surface area contributed by atoms with Gasteiger partial charge in [-0.3, -0.25) is 19.5 Å². The zero-order valence-electron chi connectivity index (χ0n) is 55.9. The number of benzene rings is 18. The lowest BCUT2D eigenvalue weighted by molar-refractivity contribution is -0.140. The third kappa shape index (κ3) is 3.11. The Balaban J connectivity index is 0.723. The van der Waals surface area contributed by atoms with Crippen LogP contribution in [-0.2, 0) is 33.3 Å². The average Bonchev–Trinajstić information content (AvgIpc) is 1.38. The van der Waals surface area contributed by atoms with Gasteiger partial charge in [-0.15, -0.1) is 0 Å². The normalized spacial score (nSPS) is 22.0. The Bertz CT molecular complexity index is 9100. The number of hydrogen-bond donors (Lipinski definition) is 2. The van der Waals surface area contributed by atoms with E-state index in [0.717, 1.165) is 87.6 Å². The zero-order chi connectivity index (χ0) is 64.6. The molecule has 8 aliphatic rings. The van der Waals surface area contributed by atoms with Crippen LogP contribution in [-0.4, -0.2) is 56.8 Å². The first-order valence-electron chi connectivity index (χ1n) is 38.2. The van der Waals surface area contributed by atoms with E-state index in [9.17, 15) is 9.59 Å². The SMILES string of the molecule is CCC1=C(C)c2cc3[nH]c(cc4nc(c5c6[nH]c(cc1n2)c(C)c6C(=O)C5)[C@@H](CCC(=O)OC)[C@@H]4C)c(C)c3CN1CC23c4c5c6c7c8c9c(c%10c%11c2c2c4c4c%12c5c5c6c6c8c8c%13c9c9c%10c%10c%11c%11c2c2c4c4c%12c%12c5c5c6c8c6c8c%13c9c9c%10c%10c%11c2c2c4c4c%12c5c6c5c8c9c%10c2c45)C73C1. The smallest absolute Gasteiger partial charge is 0.305 e. The molecule has 103 heavy (non-hydrogen) atoms. The molecular formula is C95H39N5O3. The van der Waals surface area contributed by atoms with Crippen molar-refractivity contribution >= 4 is 336 Å². The molecule has 0 radical (unpaired) electrons. The summed E-state index contributed by atoms with van der Waals surface area (Å²) in [7, 11) is 1.48. The fourth-order valence-corrected chi connectivity index (χ4v) is 32.0. The number of ether oxygens (including phenoxy) is 1. The van der Waals surface area contributed by atoms with E-state index in [4.69, 9.17) is 14.7 Å². The zero-order valence-corrected chi connectivity index (χ0v) is 55.9. The molecule has 1 fully saturated rings. The second-order valence-electron chi connectivity index (χ2n) is 36.0. The molecule has 8 bridgehead atoms. The third-order valence-electron chi connectivity index (χ3n) is 34.1. The summed E-state index contributed by atoms with van der Waals surface area (Å²) in [6.07, 6.45) is 1.96. The Morgan fingerprint density at radius 1 is 0.466 bits per heavy atom. The number of aromatic nitrogens is 4. The number of esters is 1. The van der Waals surface area contributed by atoms with Crippen molar-refractivity contribution in [2.45, 2.75) is 89.5 Å². The summed E-state index contributed by atoms with van der Waals surface area (Å²) in [5.41, 5.74) is 21.6. The first kappa shape index (κ1) is 45.3. The van der Waals surface area contributed by atoms with Gasteiger partial charge in [0.1, 0.15) is 0 Å². The number of fused-ring (bicyclic) bond motifs is 8. The quantitative estimate of drug-likeness (QED) is 0.127. The minimum atomic E-state index is -0.382. The van der Waals surface area contributed by atoms with Crippen molar-refractivity contribution < 1.29 is 14.3 Å². The molecule has 8 heteroatoms. The lowest BCUT2D eigenvalue weighted by Crippen LogP contribution is -2.51. The van der Waals surface area contributed by atoms with Gasteiger partial charge in [0, 0.05) is 77.7 Å².